The summed E-state index contributed by atoms with van der Waals surface area (Å²) in [5.41, 5.74) is 5.29. The standard InChI is InChI=1S/C9H20N2O3S/c10-5-8-15(13,14)11-6-2-1-3-9(11)4-7-12/h9,12H,1-8,10H2. The van der Waals surface area contributed by atoms with Crippen molar-refractivity contribution in [2.75, 3.05) is 25.4 Å². The van der Waals surface area contributed by atoms with Crippen LogP contribution in [0.2, 0.25) is 0 Å². The van der Waals surface area contributed by atoms with E-state index in [1.807, 2.05) is 0 Å². The van der Waals surface area contributed by atoms with E-state index in [2.05, 4.69) is 0 Å². The number of piperidine rings is 1. The molecule has 90 valence electrons. The second-order valence-corrected chi connectivity index (χ2v) is 5.92. The predicted molar refractivity (Wildman–Crippen MR) is 58.9 cm³/mol. The van der Waals surface area contributed by atoms with Crippen molar-refractivity contribution in [1.82, 2.24) is 4.31 Å². The average Bonchev–Trinajstić information content (AvgIpc) is 2.19. The maximum atomic E-state index is 11.8. The summed E-state index contributed by atoms with van der Waals surface area (Å²) in [5, 5.41) is 8.89. The van der Waals surface area contributed by atoms with Crippen molar-refractivity contribution < 1.29 is 13.5 Å². The predicted octanol–water partition coefficient (Wildman–Crippen LogP) is -0.488. The molecule has 0 aromatic rings. The van der Waals surface area contributed by atoms with Crippen LogP contribution in [0.4, 0.5) is 0 Å². The van der Waals surface area contributed by atoms with Crippen molar-refractivity contribution in [3.8, 4) is 0 Å². The van der Waals surface area contributed by atoms with Crippen LogP contribution in [0.15, 0.2) is 0 Å². The Morgan fingerprint density at radius 3 is 2.73 bits per heavy atom. The summed E-state index contributed by atoms with van der Waals surface area (Å²) in [6, 6.07) is -0.0275. The summed E-state index contributed by atoms with van der Waals surface area (Å²) in [5.74, 6) is 0.00886. The highest BCUT2D eigenvalue weighted by atomic mass is 32.2. The second-order valence-electron chi connectivity index (χ2n) is 3.88. The second kappa shape index (κ2) is 5.79. The van der Waals surface area contributed by atoms with Gasteiger partial charge in [-0.2, -0.15) is 4.31 Å². The normalized spacial score (nSPS) is 24.3. The van der Waals surface area contributed by atoms with Gasteiger partial charge in [-0.05, 0) is 19.3 Å². The molecule has 0 saturated carbocycles. The zero-order chi connectivity index (χ0) is 11.3. The average molecular weight is 236 g/mol. The zero-order valence-electron chi connectivity index (χ0n) is 8.93. The van der Waals surface area contributed by atoms with Crippen LogP contribution in [0, 0.1) is 0 Å². The van der Waals surface area contributed by atoms with Crippen molar-refractivity contribution in [3.05, 3.63) is 0 Å². The van der Waals surface area contributed by atoms with Crippen LogP contribution in [0.1, 0.15) is 25.7 Å². The highest BCUT2D eigenvalue weighted by Crippen LogP contribution is 2.22. The minimum absolute atomic E-state index is 0.00886. The van der Waals surface area contributed by atoms with E-state index in [0.717, 1.165) is 19.3 Å². The van der Waals surface area contributed by atoms with Gasteiger partial charge in [0.25, 0.3) is 0 Å². The maximum absolute atomic E-state index is 11.8. The van der Waals surface area contributed by atoms with E-state index < -0.39 is 10.0 Å². The Labute approximate surface area is 91.3 Å². The Balaban J connectivity index is 2.70. The fourth-order valence-electron chi connectivity index (χ4n) is 2.04. The van der Waals surface area contributed by atoms with Gasteiger partial charge in [-0.3, -0.25) is 0 Å². The number of nitrogens with zero attached hydrogens (tertiary/aromatic N) is 1. The van der Waals surface area contributed by atoms with E-state index in [1.165, 1.54) is 4.31 Å². The summed E-state index contributed by atoms with van der Waals surface area (Å²) < 4.78 is 25.2. The Morgan fingerprint density at radius 1 is 1.40 bits per heavy atom. The molecule has 0 aliphatic carbocycles. The molecule has 6 heteroatoms. The zero-order valence-corrected chi connectivity index (χ0v) is 9.75. The molecule has 1 aliphatic heterocycles. The number of aliphatic hydroxyl groups excluding tert-OH is 1. The van der Waals surface area contributed by atoms with Gasteiger partial charge in [-0.25, -0.2) is 8.42 Å². The molecule has 0 aromatic heterocycles. The molecule has 1 atom stereocenters. The van der Waals surface area contributed by atoms with Crippen molar-refractivity contribution in [2.45, 2.75) is 31.7 Å². The van der Waals surface area contributed by atoms with Crippen LogP contribution in [-0.4, -0.2) is 49.3 Å². The van der Waals surface area contributed by atoms with Gasteiger partial charge in [0.15, 0.2) is 0 Å². The minimum atomic E-state index is -3.21. The van der Waals surface area contributed by atoms with Gasteiger partial charge in [0.1, 0.15) is 0 Å². The molecule has 1 saturated heterocycles. The number of rotatable bonds is 5. The number of hydrogen-bond acceptors (Lipinski definition) is 4. The fraction of sp³-hybridized carbons (Fsp3) is 1.00. The monoisotopic (exact) mass is 236 g/mol. The molecule has 1 unspecified atom stereocenters. The highest BCUT2D eigenvalue weighted by Gasteiger charge is 2.30. The van der Waals surface area contributed by atoms with Crippen LogP contribution < -0.4 is 5.73 Å². The first-order chi connectivity index (χ1) is 7.11. The lowest BCUT2D eigenvalue weighted by atomic mass is 10.0. The van der Waals surface area contributed by atoms with E-state index in [9.17, 15) is 8.42 Å². The smallest absolute Gasteiger partial charge is 0.215 e. The molecular formula is C9H20N2O3S. The molecule has 1 rings (SSSR count). The number of aliphatic hydroxyl groups is 1. The first-order valence-corrected chi connectivity index (χ1v) is 7.03. The number of nitrogens with two attached hydrogens (primary N) is 1. The highest BCUT2D eigenvalue weighted by molar-refractivity contribution is 7.89. The maximum Gasteiger partial charge on any atom is 0.215 e. The van der Waals surface area contributed by atoms with Crippen LogP contribution in [-0.2, 0) is 10.0 Å². The van der Waals surface area contributed by atoms with Gasteiger partial charge in [0.2, 0.25) is 10.0 Å². The van der Waals surface area contributed by atoms with E-state index in [4.69, 9.17) is 10.8 Å². The fourth-order valence-corrected chi connectivity index (χ4v) is 3.65. The molecular weight excluding hydrogens is 216 g/mol. The van der Waals surface area contributed by atoms with Crippen LogP contribution in [0.5, 0.6) is 0 Å². The Kier molecular flexibility index (Phi) is 4.98. The van der Waals surface area contributed by atoms with Crippen LogP contribution in [0.25, 0.3) is 0 Å². The van der Waals surface area contributed by atoms with Crippen molar-refractivity contribution in [1.29, 1.82) is 0 Å². The first-order valence-electron chi connectivity index (χ1n) is 5.42. The van der Waals surface area contributed by atoms with Gasteiger partial charge in [0.05, 0.1) is 5.75 Å². The topological polar surface area (TPSA) is 83.6 Å². The Morgan fingerprint density at radius 2 is 2.13 bits per heavy atom. The third kappa shape index (κ3) is 3.41. The van der Waals surface area contributed by atoms with E-state index in [-0.39, 0.29) is 24.9 Å². The first kappa shape index (κ1) is 12.9. The molecule has 1 fully saturated rings. The summed E-state index contributed by atoms with van der Waals surface area (Å²) in [4.78, 5) is 0. The molecule has 0 aromatic carbocycles. The molecule has 0 amide bonds. The molecule has 1 aliphatic rings. The van der Waals surface area contributed by atoms with Crippen molar-refractivity contribution in [2.24, 2.45) is 5.73 Å². The molecule has 0 bridgehead atoms. The number of sulfonamides is 1. The van der Waals surface area contributed by atoms with Gasteiger partial charge in [-0.15, -0.1) is 0 Å². The van der Waals surface area contributed by atoms with E-state index >= 15 is 0 Å². The summed E-state index contributed by atoms with van der Waals surface area (Å²) in [6.45, 7) is 0.775. The third-order valence-electron chi connectivity index (χ3n) is 2.77. The summed E-state index contributed by atoms with van der Waals surface area (Å²) >= 11 is 0. The van der Waals surface area contributed by atoms with Gasteiger partial charge < -0.3 is 10.8 Å². The summed E-state index contributed by atoms with van der Waals surface area (Å²) in [6.07, 6.45) is 3.33. The summed E-state index contributed by atoms with van der Waals surface area (Å²) in [7, 11) is -3.21. The van der Waals surface area contributed by atoms with Gasteiger partial charge >= 0.3 is 0 Å². The number of hydrogen-bond donors (Lipinski definition) is 2. The van der Waals surface area contributed by atoms with Crippen LogP contribution >= 0.6 is 0 Å². The molecule has 3 N–H and O–H groups in total. The Bertz CT molecular complexity index is 277. The molecule has 15 heavy (non-hydrogen) atoms. The SMILES string of the molecule is NCCS(=O)(=O)N1CCCCC1CCO. The lowest BCUT2D eigenvalue weighted by molar-refractivity contribution is 0.192. The molecule has 1 heterocycles. The third-order valence-corrected chi connectivity index (χ3v) is 4.72. The lowest BCUT2D eigenvalue weighted by Crippen LogP contribution is -2.46. The Hall–Kier alpha value is -0.170. The van der Waals surface area contributed by atoms with Gasteiger partial charge in [0, 0.05) is 25.7 Å². The minimum Gasteiger partial charge on any atom is -0.396 e. The molecule has 0 spiro atoms. The van der Waals surface area contributed by atoms with Crippen molar-refractivity contribution in [3.63, 3.8) is 0 Å². The van der Waals surface area contributed by atoms with E-state index in [0.29, 0.717) is 13.0 Å². The quantitative estimate of drug-likeness (QED) is 0.675. The van der Waals surface area contributed by atoms with Crippen LogP contribution in [0.3, 0.4) is 0 Å². The lowest BCUT2D eigenvalue weighted by Gasteiger charge is -2.34. The van der Waals surface area contributed by atoms with Crippen molar-refractivity contribution >= 4 is 10.0 Å². The molecule has 5 nitrogen and oxygen atoms in total. The van der Waals surface area contributed by atoms with Gasteiger partial charge in [-0.1, -0.05) is 6.42 Å². The van der Waals surface area contributed by atoms with E-state index in [1.54, 1.807) is 0 Å². The molecule has 0 radical (unpaired) electrons. The largest absolute Gasteiger partial charge is 0.396 e.